The molecular formula is C28H24BNOS. The molecule has 156 valence electrons. The van der Waals surface area contributed by atoms with E-state index in [1.165, 1.54) is 54.3 Å². The summed E-state index contributed by atoms with van der Waals surface area (Å²) < 4.78 is 6.34. The first-order chi connectivity index (χ1) is 15.5. The Hall–Kier alpha value is -3.11. The van der Waals surface area contributed by atoms with Gasteiger partial charge in [0.15, 0.2) is 0 Å². The maximum absolute atomic E-state index is 6.34. The van der Waals surface area contributed by atoms with Crippen LogP contribution in [-0.2, 0) is 0 Å². The lowest BCUT2D eigenvalue weighted by Gasteiger charge is -2.42. The first kappa shape index (κ1) is 19.6. The first-order valence-electron chi connectivity index (χ1n) is 11.1. The topological polar surface area (TPSA) is 12.5 Å². The second-order valence-corrected chi connectivity index (χ2v) is 9.99. The minimum absolute atomic E-state index is 0.0392. The second-order valence-electron chi connectivity index (χ2n) is 8.91. The van der Waals surface area contributed by atoms with E-state index in [9.17, 15) is 0 Å². The van der Waals surface area contributed by atoms with E-state index in [0.717, 1.165) is 11.5 Å². The third-order valence-corrected chi connectivity index (χ3v) is 7.49. The van der Waals surface area contributed by atoms with Crippen LogP contribution in [0.25, 0.3) is 0 Å². The zero-order chi connectivity index (χ0) is 22.0. The predicted molar refractivity (Wildman–Crippen MR) is 136 cm³/mol. The molecule has 0 spiro atoms. The summed E-state index contributed by atoms with van der Waals surface area (Å²) in [5.74, 6) is 1.87. The van der Waals surface area contributed by atoms with Gasteiger partial charge in [-0.1, -0.05) is 60.3 Å². The first-order valence-corrected chi connectivity index (χ1v) is 11.9. The van der Waals surface area contributed by atoms with Crippen molar-refractivity contribution < 1.29 is 4.74 Å². The Balaban J connectivity index is 1.71. The molecule has 0 N–H and O–H groups in total. The van der Waals surface area contributed by atoms with Crippen LogP contribution in [0.5, 0.6) is 11.5 Å². The molecule has 0 saturated carbocycles. The highest BCUT2D eigenvalue weighted by Gasteiger charge is 2.41. The standard InChI is InChI=1S/C28H24BNOS/c1-17-13-19(3)27-25(15-17)32-26-16-18(2)14-20(4)28(26)30(27)29-21-9-5-7-11-23(21)31-24-12-8-6-10-22(24)29/h5-16H,1-4H3. The van der Waals surface area contributed by atoms with Crippen molar-refractivity contribution in [3.8, 4) is 11.5 Å². The normalized spacial score (nSPS) is 13.6. The van der Waals surface area contributed by atoms with Gasteiger partial charge < -0.3 is 9.55 Å². The fourth-order valence-corrected chi connectivity index (χ4v) is 6.70. The van der Waals surface area contributed by atoms with E-state index in [0.29, 0.717) is 0 Å². The zero-order valence-electron chi connectivity index (χ0n) is 18.8. The number of para-hydroxylation sites is 2. The van der Waals surface area contributed by atoms with E-state index in [1.807, 2.05) is 11.8 Å². The van der Waals surface area contributed by atoms with Gasteiger partial charge in [-0.3, -0.25) is 0 Å². The third-order valence-electron chi connectivity index (χ3n) is 6.43. The number of anilines is 2. The van der Waals surface area contributed by atoms with Crippen molar-refractivity contribution in [3.63, 3.8) is 0 Å². The molecule has 0 atom stereocenters. The summed E-state index contributed by atoms with van der Waals surface area (Å²) in [6.07, 6.45) is 0. The van der Waals surface area contributed by atoms with Crippen LogP contribution in [0.1, 0.15) is 22.3 Å². The fourth-order valence-electron chi connectivity index (χ4n) is 5.27. The quantitative estimate of drug-likeness (QED) is 0.321. The Morgan fingerprint density at radius 2 is 1.12 bits per heavy atom. The molecule has 2 heterocycles. The van der Waals surface area contributed by atoms with E-state index in [2.05, 4.69) is 105 Å². The predicted octanol–water partition coefficient (Wildman–Crippen LogP) is 6.43. The van der Waals surface area contributed by atoms with Crippen molar-refractivity contribution in [2.24, 2.45) is 0 Å². The summed E-state index contributed by atoms with van der Waals surface area (Å²) in [7, 11) is 0. The van der Waals surface area contributed by atoms with Crippen LogP contribution >= 0.6 is 11.8 Å². The Kier molecular flexibility index (Phi) is 4.41. The second kappa shape index (κ2) is 7.21. The largest absolute Gasteiger partial charge is 0.458 e. The van der Waals surface area contributed by atoms with Gasteiger partial charge in [0.25, 0.3) is 0 Å². The highest BCUT2D eigenvalue weighted by molar-refractivity contribution is 7.99. The highest BCUT2D eigenvalue weighted by atomic mass is 32.2. The van der Waals surface area contributed by atoms with Crippen molar-refractivity contribution in [2.75, 3.05) is 4.81 Å². The van der Waals surface area contributed by atoms with Crippen LogP contribution in [-0.4, -0.2) is 6.85 Å². The molecule has 0 radical (unpaired) electrons. The van der Waals surface area contributed by atoms with E-state index in [-0.39, 0.29) is 6.85 Å². The maximum atomic E-state index is 6.34. The molecule has 0 aromatic heterocycles. The molecule has 0 aliphatic carbocycles. The molecule has 6 rings (SSSR count). The van der Waals surface area contributed by atoms with Gasteiger partial charge in [-0.2, -0.15) is 0 Å². The van der Waals surface area contributed by atoms with Crippen molar-refractivity contribution >= 4 is 40.9 Å². The molecular weight excluding hydrogens is 409 g/mol. The summed E-state index contributed by atoms with van der Waals surface area (Å²) in [5, 5.41) is 0. The van der Waals surface area contributed by atoms with Crippen LogP contribution in [0.2, 0.25) is 0 Å². The molecule has 32 heavy (non-hydrogen) atoms. The summed E-state index contributed by atoms with van der Waals surface area (Å²) in [5.41, 5.74) is 10.2. The molecule has 0 bridgehead atoms. The monoisotopic (exact) mass is 433 g/mol. The third kappa shape index (κ3) is 2.90. The number of fused-ring (bicyclic) bond motifs is 4. The SMILES string of the molecule is Cc1cc(C)c2c(c1)Sc1cc(C)cc(C)c1N2B1c2ccccc2Oc2ccccc21. The number of rotatable bonds is 1. The van der Waals surface area contributed by atoms with Crippen molar-refractivity contribution in [1.82, 2.24) is 0 Å². The number of nitrogens with zero attached hydrogens (tertiary/aromatic N) is 1. The van der Waals surface area contributed by atoms with Gasteiger partial charge in [-0.05, 0) is 85.1 Å². The molecule has 0 fully saturated rings. The van der Waals surface area contributed by atoms with Gasteiger partial charge in [0.2, 0.25) is 0 Å². The van der Waals surface area contributed by atoms with Crippen LogP contribution < -0.4 is 20.5 Å². The molecule has 0 amide bonds. The van der Waals surface area contributed by atoms with Crippen molar-refractivity contribution in [1.29, 1.82) is 0 Å². The Morgan fingerprint density at radius 1 is 0.656 bits per heavy atom. The van der Waals surface area contributed by atoms with Crippen LogP contribution in [0.3, 0.4) is 0 Å². The number of hydrogen-bond donors (Lipinski definition) is 0. The average Bonchev–Trinajstić information content (AvgIpc) is 2.75. The molecule has 4 aromatic carbocycles. The fraction of sp³-hybridized carbons (Fsp3) is 0.143. The highest BCUT2D eigenvalue weighted by Crippen LogP contribution is 2.52. The van der Waals surface area contributed by atoms with Gasteiger partial charge in [-0.25, -0.2) is 0 Å². The van der Waals surface area contributed by atoms with Gasteiger partial charge in [0, 0.05) is 21.2 Å². The van der Waals surface area contributed by atoms with Gasteiger partial charge in [-0.15, -0.1) is 0 Å². The Bertz CT molecular complexity index is 1290. The Morgan fingerprint density at radius 3 is 1.62 bits per heavy atom. The van der Waals surface area contributed by atoms with Crippen molar-refractivity contribution in [2.45, 2.75) is 37.5 Å². The molecule has 0 saturated heterocycles. The lowest BCUT2D eigenvalue weighted by atomic mass is 9.47. The molecule has 2 aliphatic rings. The minimum Gasteiger partial charge on any atom is -0.458 e. The van der Waals surface area contributed by atoms with E-state index in [4.69, 9.17) is 4.74 Å². The molecule has 4 heteroatoms. The summed E-state index contributed by atoms with van der Waals surface area (Å²) in [4.78, 5) is 5.22. The van der Waals surface area contributed by atoms with Crippen LogP contribution in [0.15, 0.2) is 82.6 Å². The van der Waals surface area contributed by atoms with Crippen LogP contribution in [0, 0.1) is 27.7 Å². The summed E-state index contributed by atoms with van der Waals surface area (Å²) >= 11 is 1.90. The number of ether oxygens (including phenoxy) is 1. The molecule has 2 aliphatic heterocycles. The summed E-state index contributed by atoms with van der Waals surface area (Å²) in [6.45, 7) is 8.90. The smallest absolute Gasteiger partial charge is 0.335 e. The van der Waals surface area contributed by atoms with E-state index in [1.54, 1.807) is 0 Å². The van der Waals surface area contributed by atoms with Gasteiger partial charge in [0.05, 0.1) is 0 Å². The van der Waals surface area contributed by atoms with E-state index >= 15 is 0 Å². The minimum atomic E-state index is 0.0392. The molecule has 0 unspecified atom stereocenters. The van der Waals surface area contributed by atoms with Gasteiger partial charge in [0.1, 0.15) is 11.5 Å². The average molecular weight is 433 g/mol. The molecule has 2 nitrogen and oxygen atoms in total. The molecule has 4 aromatic rings. The van der Waals surface area contributed by atoms with Gasteiger partial charge >= 0.3 is 6.85 Å². The number of aryl methyl sites for hydroxylation is 4. The van der Waals surface area contributed by atoms with E-state index < -0.39 is 0 Å². The van der Waals surface area contributed by atoms with Crippen molar-refractivity contribution in [3.05, 3.63) is 95.1 Å². The maximum Gasteiger partial charge on any atom is 0.335 e. The zero-order valence-corrected chi connectivity index (χ0v) is 19.6. The lowest BCUT2D eigenvalue weighted by Crippen LogP contribution is -2.58. The number of hydrogen-bond acceptors (Lipinski definition) is 3. The number of benzene rings is 4. The Labute approximate surface area is 194 Å². The summed E-state index contributed by atoms with van der Waals surface area (Å²) in [6, 6.07) is 26.2. The lowest BCUT2D eigenvalue weighted by molar-refractivity contribution is 0.487. The van der Waals surface area contributed by atoms with Crippen LogP contribution in [0.4, 0.5) is 11.4 Å².